The summed E-state index contributed by atoms with van der Waals surface area (Å²) in [7, 11) is 0. The highest BCUT2D eigenvalue weighted by Gasteiger charge is 2.14. The van der Waals surface area contributed by atoms with E-state index in [1.54, 1.807) is 23.1 Å². The van der Waals surface area contributed by atoms with Gasteiger partial charge in [0.2, 0.25) is 0 Å². The summed E-state index contributed by atoms with van der Waals surface area (Å²) in [6.07, 6.45) is 0.912. The lowest BCUT2D eigenvalue weighted by Gasteiger charge is -2.14. The van der Waals surface area contributed by atoms with Gasteiger partial charge in [-0.05, 0) is 24.6 Å². The molecule has 112 valence electrons. The van der Waals surface area contributed by atoms with E-state index in [1.165, 1.54) is 0 Å². The minimum absolute atomic E-state index is 0.0450. The van der Waals surface area contributed by atoms with Crippen molar-refractivity contribution in [3.8, 4) is 11.5 Å². The molecule has 1 aliphatic rings. The van der Waals surface area contributed by atoms with E-state index >= 15 is 0 Å². The first kappa shape index (κ1) is 14.7. The van der Waals surface area contributed by atoms with Crippen molar-refractivity contribution in [1.29, 1.82) is 0 Å². The van der Waals surface area contributed by atoms with Gasteiger partial charge < -0.3 is 15.2 Å². The van der Waals surface area contributed by atoms with Crippen LogP contribution < -0.4 is 15.2 Å². The second-order valence-corrected chi connectivity index (χ2v) is 7.05. The lowest BCUT2D eigenvalue weighted by Crippen LogP contribution is -2.13. The third kappa shape index (κ3) is 3.70. The van der Waals surface area contributed by atoms with Crippen molar-refractivity contribution >= 4 is 23.1 Å². The van der Waals surface area contributed by atoms with E-state index in [4.69, 9.17) is 15.2 Å². The Balaban J connectivity index is 1.66. The SMILES string of the molecule is Cc1csc(SCC(N)c2ccc3c(c2)OCCCO3)n1. The van der Waals surface area contributed by atoms with Gasteiger partial charge in [0.15, 0.2) is 11.5 Å². The molecule has 0 amide bonds. The van der Waals surface area contributed by atoms with E-state index < -0.39 is 0 Å². The van der Waals surface area contributed by atoms with E-state index in [-0.39, 0.29) is 6.04 Å². The number of ether oxygens (including phenoxy) is 2. The summed E-state index contributed by atoms with van der Waals surface area (Å²) in [5, 5.41) is 2.06. The Morgan fingerprint density at radius 3 is 2.90 bits per heavy atom. The fourth-order valence-corrected chi connectivity index (χ4v) is 3.93. The highest BCUT2D eigenvalue weighted by Crippen LogP contribution is 2.33. The number of fused-ring (bicyclic) bond motifs is 1. The van der Waals surface area contributed by atoms with E-state index in [0.717, 1.165) is 39.3 Å². The zero-order valence-corrected chi connectivity index (χ0v) is 13.5. The molecule has 3 rings (SSSR count). The van der Waals surface area contributed by atoms with Crippen molar-refractivity contribution in [2.75, 3.05) is 19.0 Å². The molecule has 1 aliphatic heterocycles. The van der Waals surface area contributed by atoms with Crippen molar-refractivity contribution < 1.29 is 9.47 Å². The van der Waals surface area contributed by atoms with Gasteiger partial charge in [-0.25, -0.2) is 4.98 Å². The lowest BCUT2D eigenvalue weighted by molar-refractivity contribution is 0.297. The van der Waals surface area contributed by atoms with Crippen LogP contribution in [0.15, 0.2) is 27.9 Å². The Morgan fingerprint density at radius 2 is 2.14 bits per heavy atom. The molecule has 1 aromatic heterocycles. The summed E-state index contributed by atoms with van der Waals surface area (Å²) in [4.78, 5) is 4.44. The predicted octanol–water partition coefficient (Wildman–Crippen LogP) is 3.40. The first-order valence-electron chi connectivity index (χ1n) is 6.92. The zero-order chi connectivity index (χ0) is 14.7. The molecule has 2 heterocycles. The normalized spacial score (nSPS) is 15.5. The van der Waals surface area contributed by atoms with Gasteiger partial charge in [0, 0.05) is 29.3 Å². The standard InChI is InChI=1S/C15H18N2O2S2/c1-10-8-20-15(17-10)21-9-12(16)11-3-4-13-14(7-11)19-6-2-5-18-13/h3-4,7-8,12H,2,5-6,9,16H2,1H3. The molecule has 1 unspecified atom stereocenters. The summed E-state index contributed by atoms with van der Waals surface area (Å²) in [6.45, 7) is 3.40. The Morgan fingerprint density at radius 1 is 1.33 bits per heavy atom. The third-order valence-corrected chi connectivity index (χ3v) is 5.44. The van der Waals surface area contributed by atoms with Crippen LogP contribution in [0.2, 0.25) is 0 Å². The fraction of sp³-hybridized carbons (Fsp3) is 0.400. The molecule has 2 N–H and O–H groups in total. The Labute approximate surface area is 132 Å². The maximum atomic E-state index is 6.28. The van der Waals surface area contributed by atoms with Crippen LogP contribution in [0.1, 0.15) is 23.7 Å². The van der Waals surface area contributed by atoms with Gasteiger partial charge in [-0.3, -0.25) is 0 Å². The molecule has 0 radical (unpaired) electrons. The third-order valence-electron chi connectivity index (χ3n) is 3.18. The summed E-state index contributed by atoms with van der Waals surface area (Å²) in [5.41, 5.74) is 8.41. The Kier molecular flexibility index (Phi) is 4.67. The number of thiazole rings is 1. The summed E-state index contributed by atoms with van der Waals surface area (Å²) in [6, 6.07) is 5.93. The fourth-order valence-electron chi connectivity index (χ4n) is 2.07. The van der Waals surface area contributed by atoms with Crippen molar-refractivity contribution in [1.82, 2.24) is 4.98 Å². The maximum absolute atomic E-state index is 6.28. The van der Waals surface area contributed by atoms with Crippen LogP contribution in [0, 0.1) is 6.92 Å². The first-order chi connectivity index (χ1) is 10.2. The topological polar surface area (TPSA) is 57.4 Å². The van der Waals surface area contributed by atoms with Gasteiger partial charge in [-0.15, -0.1) is 11.3 Å². The highest BCUT2D eigenvalue weighted by molar-refractivity contribution is 8.01. The number of aryl methyl sites for hydroxylation is 1. The number of nitrogens with zero attached hydrogens (tertiary/aromatic N) is 1. The number of hydrogen-bond acceptors (Lipinski definition) is 6. The molecule has 21 heavy (non-hydrogen) atoms. The molecule has 6 heteroatoms. The largest absolute Gasteiger partial charge is 0.490 e. The van der Waals surface area contributed by atoms with Gasteiger partial charge in [-0.1, -0.05) is 17.8 Å². The van der Waals surface area contributed by atoms with Gasteiger partial charge >= 0.3 is 0 Å². The number of benzene rings is 1. The molecule has 1 aromatic carbocycles. The highest BCUT2D eigenvalue weighted by atomic mass is 32.2. The molecule has 1 atom stereocenters. The summed E-state index contributed by atoms with van der Waals surface area (Å²) in [5.74, 6) is 2.41. The molecule has 2 aromatic rings. The lowest BCUT2D eigenvalue weighted by atomic mass is 10.1. The monoisotopic (exact) mass is 322 g/mol. The van der Waals surface area contributed by atoms with Gasteiger partial charge in [0.25, 0.3) is 0 Å². The number of rotatable bonds is 4. The van der Waals surface area contributed by atoms with Crippen LogP contribution in [-0.2, 0) is 0 Å². The van der Waals surface area contributed by atoms with Crippen molar-refractivity contribution in [2.45, 2.75) is 23.7 Å². The molecular formula is C15H18N2O2S2. The summed E-state index contributed by atoms with van der Waals surface area (Å²) >= 11 is 3.36. The van der Waals surface area contributed by atoms with Crippen molar-refractivity contribution in [3.63, 3.8) is 0 Å². The minimum Gasteiger partial charge on any atom is -0.490 e. The Hall–Kier alpha value is -1.24. The van der Waals surface area contributed by atoms with Gasteiger partial charge in [-0.2, -0.15) is 0 Å². The van der Waals surface area contributed by atoms with E-state index in [1.807, 2.05) is 25.1 Å². The summed E-state index contributed by atoms with van der Waals surface area (Å²) < 4.78 is 12.4. The van der Waals surface area contributed by atoms with Crippen LogP contribution in [0.25, 0.3) is 0 Å². The quantitative estimate of drug-likeness (QED) is 0.874. The second kappa shape index (κ2) is 6.68. The molecular weight excluding hydrogens is 304 g/mol. The van der Waals surface area contributed by atoms with Crippen LogP contribution in [0.4, 0.5) is 0 Å². The molecule has 0 saturated carbocycles. The predicted molar refractivity (Wildman–Crippen MR) is 86.6 cm³/mol. The zero-order valence-electron chi connectivity index (χ0n) is 11.9. The van der Waals surface area contributed by atoms with Crippen LogP contribution >= 0.6 is 23.1 Å². The van der Waals surface area contributed by atoms with Crippen LogP contribution in [0.5, 0.6) is 11.5 Å². The van der Waals surface area contributed by atoms with Crippen molar-refractivity contribution in [2.24, 2.45) is 5.73 Å². The van der Waals surface area contributed by atoms with E-state index in [9.17, 15) is 0 Å². The van der Waals surface area contributed by atoms with Gasteiger partial charge in [0.05, 0.1) is 13.2 Å². The van der Waals surface area contributed by atoms with Crippen LogP contribution in [-0.4, -0.2) is 24.0 Å². The van der Waals surface area contributed by atoms with E-state index in [0.29, 0.717) is 13.2 Å². The average molecular weight is 322 g/mol. The number of aromatic nitrogens is 1. The number of thioether (sulfide) groups is 1. The molecule has 0 spiro atoms. The van der Waals surface area contributed by atoms with Gasteiger partial charge in [0.1, 0.15) is 4.34 Å². The van der Waals surface area contributed by atoms with Crippen LogP contribution in [0.3, 0.4) is 0 Å². The molecule has 0 aliphatic carbocycles. The van der Waals surface area contributed by atoms with Crippen molar-refractivity contribution in [3.05, 3.63) is 34.8 Å². The number of nitrogens with two attached hydrogens (primary N) is 1. The molecule has 0 saturated heterocycles. The minimum atomic E-state index is -0.0450. The molecule has 0 fully saturated rings. The molecule has 0 bridgehead atoms. The Bertz CT molecular complexity index is 615. The smallest absolute Gasteiger partial charge is 0.161 e. The second-order valence-electron chi connectivity index (χ2n) is 4.93. The number of hydrogen-bond donors (Lipinski definition) is 1. The average Bonchev–Trinajstić information content (AvgIpc) is 2.77. The first-order valence-corrected chi connectivity index (χ1v) is 8.79. The maximum Gasteiger partial charge on any atom is 0.161 e. The van der Waals surface area contributed by atoms with E-state index in [2.05, 4.69) is 10.4 Å². The molecule has 4 nitrogen and oxygen atoms in total.